The fourth-order valence-electron chi connectivity index (χ4n) is 2.76. The Balaban J connectivity index is 1.58. The molecule has 1 aliphatic heterocycles. The van der Waals surface area contributed by atoms with E-state index in [4.69, 9.17) is 10.5 Å². The van der Waals surface area contributed by atoms with Crippen molar-refractivity contribution in [2.75, 3.05) is 25.4 Å². The first kappa shape index (κ1) is 14.1. The van der Waals surface area contributed by atoms with E-state index in [1.807, 2.05) is 29.1 Å². The first-order chi connectivity index (χ1) is 10.2. The minimum Gasteiger partial charge on any atom is -0.399 e. The van der Waals surface area contributed by atoms with E-state index in [0.29, 0.717) is 0 Å². The summed E-state index contributed by atoms with van der Waals surface area (Å²) >= 11 is 0. The number of aryl methyl sites for hydroxylation is 1. The van der Waals surface area contributed by atoms with Gasteiger partial charge >= 0.3 is 0 Å². The van der Waals surface area contributed by atoms with Crippen LogP contribution in [-0.4, -0.2) is 40.5 Å². The Hall–Kier alpha value is -1.85. The topological polar surface area (TPSA) is 56.3 Å². The number of hydrogen-bond acceptors (Lipinski definition) is 4. The van der Waals surface area contributed by atoms with Crippen LogP contribution in [0.1, 0.15) is 11.1 Å². The molecule has 1 atom stereocenters. The number of benzene rings is 1. The zero-order valence-electron chi connectivity index (χ0n) is 12.4. The molecule has 0 spiro atoms. The summed E-state index contributed by atoms with van der Waals surface area (Å²) in [6.45, 7) is 6.44. The first-order valence-corrected chi connectivity index (χ1v) is 7.36. The van der Waals surface area contributed by atoms with E-state index in [0.717, 1.165) is 38.5 Å². The number of nitrogens with zero attached hydrogens (tertiary/aromatic N) is 3. The third-order valence-electron chi connectivity index (χ3n) is 3.73. The van der Waals surface area contributed by atoms with Crippen molar-refractivity contribution < 1.29 is 4.74 Å². The fourth-order valence-corrected chi connectivity index (χ4v) is 2.76. The molecule has 5 heteroatoms. The summed E-state index contributed by atoms with van der Waals surface area (Å²) in [6.07, 6.45) is 4.13. The van der Waals surface area contributed by atoms with Crippen molar-refractivity contribution in [3.63, 3.8) is 0 Å². The van der Waals surface area contributed by atoms with Gasteiger partial charge in [0.05, 0.1) is 25.5 Å². The second-order valence-electron chi connectivity index (χ2n) is 5.71. The number of nitrogens with two attached hydrogens (primary N) is 1. The van der Waals surface area contributed by atoms with Gasteiger partial charge in [-0.05, 0) is 30.2 Å². The van der Waals surface area contributed by atoms with Gasteiger partial charge in [0.25, 0.3) is 0 Å². The Morgan fingerprint density at radius 2 is 2.33 bits per heavy atom. The van der Waals surface area contributed by atoms with E-state index >= 15 is 0 Å². The minimum atomic E-state index is 0.194. The van der Waals surface area contributed by atoms with Crippen molar-refractivity contribution in [2.24, 2.45) is 0 Å². The Bertz CT molecular complexity index is 595. The average molecular weight is 286 g/mol. The Morgan fingerprint density at radius 3 is 3.10 bits per heavy atom. The van der Waals surface area contributed by atoms with Gasteiger partial charge in [0.15, 0.2) is 0 Å². The molecule has 1 aromatic heterocycles. The van der Waals surface area contributed by atoms with Crippen molar-refractivity contribution >= 4 is 5.69 Å². The molecule has 1 aliphatic rings. The summed E-state index contributed by atoms with van der Waals surface area (Å²) in [5.41, 5.74) is 9.10. The SMILES string of the molecule is Cc1cnn(CC2CN(Cc3cccc(N)c3)CCO2)c1. The predicted molar refractivity (Wildman–Crippen MR) is 82.8 cm³/mol. The molecule has 21 heavy (non-hydrogen) atoms. The van der Waals surface area contributed by atoms with E-state index in [2.05, 4.69) is 29.2 Å². The van der Waals surface area contributed by atoms with Gasteiger partial charge in [-0.25, -0.2) is 0 Å². The van der Waals surface area contributed by atoms with Crippen molar-refractivity contribution in [2.45, 2.75) is 26.1 Å². The molecule has 2 N–H and O–H groups in total. The number of anilines is 1. The van der Waals surface area contributed by atoms with Crippen LogP contribution in [0.2, 0.25) is 0 Å². The lowest BCUT2D eigenvalue weighted by molar-refractivity contribution is -0.0402. The molecular weight excluding hydrogens is 264 g/mol. The van der Waals surface area contributed by atoms with Gasteiger partial charge in [-0.1, -0.05) is 12.1 Å². The minimum absolute atomic E-state index is 0.194. The van der Waals surface area contributed by atoms with Gasteiger partial charge in [0.1, 0.15) is 0 Å². The number of ether oxygens (including phenoxy) is 1. The first-order valence-electron chi connectivity index (χ1n) is 7.36. The molecule has 1 unspecified atom stereocenters. The van der Waals surface area contributed by atoms with Crippen LogP contribution in [0.5, 0.6) is 0 Å². The van der Waals surface area contributed by atoms with Gasteiger partial charge in [-0.2, -0.15) is 5.10 Å². The summed E-state index contributed by atoms with van der Waals surface area (Å²) in [6, 6.07) is 8.10. The zero-order valence-corrected chi connectivity index (χ0v) is 12.4. The van der Waals surface area contributed by atoms with E-state index in [9.17, 15) is 0 Å². The third-order valence-corrected chi connectivity index (χ3v) is 3.73. The summed E-state index contributed by atoms with van der Waals surface area (Å²) in [5, 5.41) is 4.33. The fraction of sp³-hybridized carbons (Fsp3) is 0.438. The van der Waals surface area contributed by atoms with Crippen LogP contribution in [-0.2, 0) is 17.8 Å². The zero-order chi connectivity index (χ0) is 14.7. The van der Waals surface area contributed by atoms with E-state index in [1.165, 1.54) is 11.1 Å². The van der Waals surface area contributed by atoms with Gasteiger partial charge in [0, 0.05) is 31.5 Å². The Morgan fingerprint density at radius 1 is 1.43 bits per heavy atom. The third kappa shape index (κ3) is 3.83. The van der Waals surface area contributed by atoms with Crippen molar-refractivity contribution in [3.05, 3.63) is 47.8 Å². The highest BCUT2D eigenvalue weighted by atomic mass is 16.5. The molecule has 0 saturated carbocycles. The molecule has 2 aromatic rings. The van der Waals surface area contributed by atoms with Crippen molar-refractivity contribution in [3.8, 4) is 0 Å². The number of rotatable bonds is 4. The van der Waals surface area contributed by atoms with Gasteiger partial charge in [0.2, 0.25) is 0 Å². The van der Waals surface area contributed by atoms with Gasteiger partial charge < -0.3 is 10.5 Å². The van der Waals surface area contributed by atoms with E-state index in [1.54, 1.807) is 0 Å². The highest BCUT2D eigenvalue weighted by Crippen LogP contribution is 2.14. The Labute approximate surface area is 125 Å². The number of nitrogen functional groups attached to an aromatic ring is 1. The highest BCUT2D eigenvalue weighted by Gasteiger charge is 2.21. The average Bonchev–Trinajstić information content (AvgIpc) is 2.84. The smallest absolute Gasteiger partial charge is 0.0898 e. The molecule has 0 bridgehead atoms. The van der Waals surface area contributed by atoms with Gasteiger partial charge in [-0.3, -0.25) is 9.58 Å². The summed E-state index contributed by atoms with van der Waals surface area (Å²) < 4.78 is 7.82. The maximum absolute atomic E-state index is 5.86. The lowest BCUT2D eigenvalue weighted by atomic mass is 10.1. The maximum Gasteiger partial charge on any atom is 0.0898 e. The normalized spacial score (nSPS) is 19.8. The standard InChI is InChI=1S/C16H22N4O/c1-13-8-18-20(9-13)12-16-11-19(5-6-21-16)10-14-3-2-4-15(17)7-14/h2-4,7-9,16H,5-6,10-12,17H2,1H3. The maximum atomic E-state index is 5.86. The molecule has 3 rings (SSSR count). The molecule has 1 saturated heterocycles. The number of aromatic nitrogens is 2. The molecule has 0 radical (unpaired) electrons. The molecule has 2 heterocycles. The number of morpholine rings is 1. The lowest BCUT2D eigenvalue weighted by Gasteiger charge is -2.33. The number of hydrogen-bond donors (Lipinski definition) is 1. The van der Waals surface area contributed by atoms with Crippen molar-refractivity contribution in [1.82, 2.24) is 14.7 Å². The van der Waals surface area contributed by atoms with Crippen LogP contribution in [0, 0.1) is 6.92 Å². The van der Waals surface area contributed by atoms with Crippen LogP contribution < -0.4 is 5.73 Å². The Kier molecular flexibility index (Phi) is 4.22. The van der Waals surface area contributed by atoms with Gasteiger partial charge in [-0.15, -0.1) is 0 Å². The molecular formula is C16H22N4O. The second-order valence-corrected chi connectivity index (χ2v) is 5.71. The summed E-state index contributed by atoms with van der Waals surface area (Å²) in [5.74, 6) is 0. The van der Waals surface area contributed by atoms with Crippen molar-refractivity contribution in [1.29, 1.82) is 0 Å². The van der Waals surface area contributed by atoms with Crippen LogP contribution in [0.3, 0.4) is 0 Å². The molecule has 112 valence electrons. The van der Waals surface area contributed by atoms with Crippen LogP contribution in [0.15, 0.2) is 36.7 Å². The molecule has 1 fully saturated rings. The monoisotopic (exact) mass is 286 g/mol. The van der Waals surface area contributed by atoms with Crippen LogP contribution in [0.4, 0.5) is 5.69 Å². The van der Waals surface area contributed by atoms with Crippen LogP contribution >= 0.6 is 0 Å². The van der Waals surface area contributed by atoms with E-state index in [-0.39, 0.29) is 6.10 Å². The second kappa shape index (κ2) is 6.28. The van der Waals surface area contributed by atoms with Crippen LogP contribution in [0.25, 0.3) is 0 Å². The quantitative estimate of drug-likeness (QED) is 0.869. The van der Waals surface area contributed by atoms with E-state index < -0.39 is 0 Å². The predicted octanol–water partition coefficient (Wildman–Crippen LogP) is 1.67. The molecule has 0 aliphatic carbocycles. The molecule has 0 amide bonds. The summed E-state index contributed by atoms with van der Waals surface area (Å²) in [4.78, 5) is 2.42. The largest absolute Gasteiger partial charge is 0.399 e. The lowest BCUT2D eigenvalue weighted by Crippen LogP contribution is -2.43. The summed E-state index contributed by atoms with van der Waals surface area (Å²) in [7, 11) is 0. The highest BCUT2D eigenvalue weighted by molar-refractivity contribution is 5.40. The molecule has 5 nitrogen and oxygen atoms in total. The molecule has 1 aromatic carbocycles.